The van der Waals surface area contributed by atoms with Gasteiger partial charge in [0.25, 0.3) is 0 Å². The number of amides is 2. The van der Waals surface area contributed by atoms with Crippen LogP contribution in [0.4, 0.5) is 11.6 Å². The van der Waals surface area contributed by atoms with E-state index in [0.717, 1.165) is 32.6 Å². The molecule has 1 saturated heterocycles. The Kier molecular flexibility index (Phi) is 7.36. The summed E-state index contributed by atoms with van der Waals surface area (Å²) in [7, 11) is 0. The number of anilines is 2. The Morgan fingerprint density at radius 1 is 0.862 bits per heavy atom. The molecule has 0 radical (unpaired) electrons. The van der Waals surface area contributed by atoms with Crippen molar-refractivity contribution in [2.45, 2.75) is 33.1 Å². The van der Waals surface area contributed by atoms with E-state index in [9.17, 15) is 9.59 Å². The normalized spacial score (nSPS) is 15.8. The molecule has 1 aliphatic rings. The first-order valence-electron chi connectivity index (χ1n) is 9.89. The van der Waals surface area contributed by atoms with Gasteiger partial charge in [0.15, 0.2) is 11.6 Å². The Morgan fingerprint density at radius 3 is 1.69 bits per heavy atom. The molecule has 29 heavy (non-hydrogen) atoms. The van der Waals surface area contributed by atoms with Gasteiger partial charge in [-0.2, -0.15) is 0 Å². The summed E-state index contributed by atoms with van der Waals surface area (Å²) in [5, 5.41) is 13.0. The van der Waals surface area contributed by atoms with E-state index < -0.39 is 0 Å². The summed E-state index contributed by atoms with van der Waals surface area (Å²) in [4.78, 5) is 28.7. The Bertz CT molecular complexity index is 751. The lowest BCUT2D eigenvalue weighted by atomic mass is 10.3. The molecule has 0 unspecified atom stereocenters. The molecule has 2 aromatic heterocycles. The SMILES string of the molecule is Cc1cc(NC(=O)CCN2CCCN(CCC(=O)Nc3cc(C)on3)CC2)no1. The van der Waals surface area contributed by atoms with Crippen LogP contribution in [0, 0.1) is 13.8 Å². The fraction of sp³-hybridized carbons (Fsp3) is 0.579. The molecule has 2 amide bonds. The Balaban J connectivity index is 1.33. The van der Waals surface area contributed by atoms with Gasteiger partial charge in [-0.25, -0.2) is 0 Å². The number of carbonyl (C=O) groups excluding carboxylic acids is 2. The minimum Gasteiger partial charge on any atom is -0.360 e. The van der Waals surface area contributed by atoms with Gasteiger partial charge >= 0.3 is 0 Å². The lowest BCUT2D eigenvalue weighted by Gasteiger charge is -2.21. The second-order valence-corrected chi connectivity index (χ2v) is 7.28. The monoisotopic (exact) mass is 404 g/mol. The van der Waals surface area contributed by atoms with Crippen LogP contribution in [0.3, 0.4) is 0 Å². The van der Waals surface area contributed by atoms with Crippen LogP contribution >= 0.6 is 0 Å². The number of hydrogen-bond acceptors (Lipinski definition) is 8. The quantitative estimate of drug-likeness (QED) is 0.682. The zero-order valence-electron chi connectivity index (χ0n) is 16.9. The van der Waals surface area contributed by atoms with Crippen molar-refractivity contribution in [2.75, 3.05) is 49.9 Å². The number of aryl methyl sites for hydroxylation is 2. The van der Waals surface area contributed by atoms with E-state index in [0.29, 0.717) is 49.1 Å². The van der Waals surface area contributed by atoms with Crippen molar-refractivity contribution in [2.24, 2.45) is 0 Å². The highest BCUT2D eigenvalue weighted by Gasteiger charge is 2.17. The van der Waals surface area contributed by atoms with Gasteiger partial charge < -0.3 is 29.5 Å². The van der Waals surface area contributed by atoms with E-state index >= 15 is 0 Å². The molecule has 10 heteroatoms. The lowest BCUT2D eigenvalue weighted by Crippen LogP contribution is -2.34. The number of hydrogen-bond donors (Lipinski definition) is 2. The fourth-order valence-electron chi connectivity index (χ4n) is 3.25. The topological polar surface area (TPSA) is 117 Å². The molecule has 158 valence electrons. The average Bonchev–Trinajstić information content (AvgIpc) is 3.19. The van der Waals surface area contributed by atoms with Crippen LogP contribution < -0.4 is 10.6 Å². The summed E-state index contributed by atoms with van der Waals surface area (Å²) in [6.07, 6.45) is 1.82. The second kappa shape index (κ2) is 10.2. The Hall–Kier alpha value is -2.72. The maximum atomic E-state index is 12.1. The summed E-state index contributed by atoms with van der Waals surface area (Å²) >= 11 is 0. The highest BCUT2D eigenvalue weighted by atomic mass is 16.5. The van der Waals surface area contributed by atoms with Gasteiger partial charge in [-0.15, -0.1) is 0 Å². The van der Waals surface area contributed by atoms with Gasteiger partial charge in [0.1, 0.15) is 11.5 Å². The molecule has 2 N–H and O–H groups in total. The molecule has 2 aromatic rings. The zero-order valence-corrected chi connectivity index (χ0v) is 16.9. The first-order valence-corrected chi connectivity index (χ1v) is 9.89. The van der Waals surface area contributed by atoms with E-state index in [1.165, 1.54) is 0 Å². The van der Waals surface area contributed by atoms with Crippen LogP contribution in [0.2, 0.25) is 0 Å². The van der Waals surface area contributed by atoms with Gasteiger partial charge in [-0.05, 0) is 33.4 Å². The number of nitrogens with one attached hydrogen (secondary N) is 2. The van der Waals surface area contributed by atoms with Crippen molar-refractivity contribution < 1.29 is 18.6 Å². The molecule has 0 spiro atoms. The predicted molar refractivity (Wildman–Crippen MR) is 106 cm³/mol. The van der Waals surface area contributed by atoms with Crippen molar-refractivity contribution in [3.63, 3.8) is 0 Å². The van der Waals surface area contributed by atoms with Crippen molar-refractivity contribution >= 4 is 23.5 Å². The molecular formula is C19H28N6O4. The third kappa shape index (κ3) is 6.99. The standard InChI is InChI=1S/C19H28N6O4/c1-14-12-16(22-28-14)20-18(26)4-8-24-6-3-7-25(11-10-24)9-5-19(27)21-17-13-15(2)29-23-17/h12-13H,3-11H2,1-2H3,(H,20,22,26)(H,21,23,27). The number of nitrogens with zero attached hydrogens (tertiary/aromatic N) is 4. The van der Waals surface area contributed by atoms with Crippen molar-refractivity contribution in [3.05, 3.63) is 23.7 Å². The molecule has 0 atom stereocenters. The summed E-state index contributed by atoms with van der Waals surface area (Å²) in [6, 6.07) is 3.39. The second-order valence-electron chi connectivity index (χ2n) is 7.28. The van der Waals surface area contributed by atoms with Crippen molar-refractivity contribution in [3.8, 4) is 0 Å². The average molecular weight is 404 g/mol. The Labute approximate surface area is 169 Å². The molecule has 1 fully saturated rings. The third-order valence-corrected chi connectivity index (χ3v) is 4.78. The summed E-state index contributed by atoms with van der Waals surface area (Å²) in [5.41, 5.74) is 0. The number of rotatable bonds is 8. The minimum atomic E-state index is -0.0702. The van der Waals surface area contributed by atoms with Crippen LogP contribution in [0.25, 0.3) is 0 Å². The van der Waals surface area contributed by atoms with Crippen LogP contribution in [0.1, 0.15) is 30.8 Å². The third-order valence-electron chi connectivity index (χ3n) is 4.78. The molecule has 10 nitrogen and oxygen atoms in total. The van der Waals surface area contributed by atoms with Crippen LogP contribution in [-0.2, 0) is 9.59 Å². The fourth-order valence-corrected chi connectivity index (χ4v) is 3.25. The number of carbonyl (C=O) groups is 2. The number of aromatic nitrogens is 2. The van der Waals surface area contributed by atoms with Gasteiger partial charge in [0, 0.05) is 51.2 Å². The highest BCUT2D eigenvalue weighted by Crippen LogP contribution is 2.10. The first kappa shape index (κ1) is 21.0. The van der Waals surface area contributed by atoms with Gasteiger partial charge in [0.2, 0.25) is 11.8 Å². The molecule has 0 aromatic carbocycles. The van der Waals surface area contributed by atoms with Crippen molar-refractivity contribution in [1.82, 2.24) is 20.1 Å². The lowest BCUT2D eigenvalue weighted by molar-refractivity contribution is -0.117. The summed E-state index contributed by atoms with van der Waals surface area (Å²) < 4.78 is 9.89. The van der Waals surface area contributed by atoms with E-state index in [-0.39, 0.29) is 11.8 Å². The molecule has 1 aliphatic heterocycles. The highest BCUT2D eigenvalue weighted by molar-refractivity contribution is 5.90. The molecule has 3 rings (SSSR count). The maximum absolute atomic E-state index is 12.1. The van der Waals surface area contributed by atoms with Crippen molar-refractivity contribution in [1.29, 1.82) is 0 Å². The Morgan fingerprint density at radius 2 is 1.31 bits per heavy atom. The van der Waals surface area contributed by atoms with Crippen LogP contribution in [0.5, 0.6) is 0 Å². The summed E-state index contributed by atoms with van der Waals surface area (Å²) in [5.74, 6) is 2.09. The van der Waals surface area contributed by atoms with E-state index in [1.807, 2.05) is 0 Å². The van der Waals surface area contributed by atoms with E-state index in [4.69, 9.17) is 9.05 Å². The maximum Gasteiger partial charge on any atom is 0.226 e. The largest absolute Gasteiger partial charge is 0.360 e. The zero-order chi connectivity index (χ0) is 20.6. The molecular weight excluding hydrogens is 376 g/mol. The van der Waals surface area contributed by atoms with Crippen LogP contribution in [-0.4, -0.2) is 71.2 Å². The molecule has 3 heterocycles. The molecule has 0 aliphatic carbocycles. The van der Waals surface area contributed by atoms with Gasteiger partial charge in [0.05, 0.1) is 0 Å². The van der Waals surface area contributed by atoms with Crippen LogP contribution in [0.15, 0.2) is 21.2 Å². The smallest absolute Gasteiger partial charge is 0.226 e. The molecule has 0 bridgehead atoms. The van der Waals surface area contributed by atoms with E-state index in [2.05, 4.69) is 30.7 Å². The van der Waals surface area contributed by atoms with Gasteiger partial charge in [-0.3, -0.25) is 9.59 Å². The van der Waals surface area contributed by atoms with Gasteiger partial charge in [-0.1, -0.05) is 10.3 Å². The van der Waals surface area contributed by atoms with E-state index in [1.54, 1.807) is 26.0 Å². The minimum absolute atomic E-state index is 0.0702. The first-order chi connectivity index (χ1) is 14.0. The summed E-state index contributed by atoms with van der Waals surface area (Å²) in [6.45, 7) is 8.59. The molecule has 0 saturated carbocycles. The predicted octanol–water partition coefficient (Wildman–Crippen LogP) is 1.64.